The van der Waals surface area contributed by atoms with Gasteiger partial charge in [0, 0.05) is 15.6 Å². The number of hydrogen-bond acceptors (Lipinski definition) is 2. The van der Waals surface area contributed by atoms with E-state index in [2.05, 4.69) is 85.5 Å². The first kappa shape index (κ1) is 22.9. The Bertz CT molecular complexity index is 963. The lowest BCUT2D eigenvalue weighted by atomic mass is 9.86. The monoisotopic (exact) mass is 530 g/mol. The third-order valence-corrected chi connectivity index (χ3v) is 6.04. The van der Waals surface area contributed by atoms with Gasteiger partial charge in [-0.1, -0.05) is 93.9 Å². The molecular weight excluding hydrogens is 504 g/mol. The van der Waals surface area contributed by atoms with Gasteiger partial charge in [0.25, 0.3) is 0 Å². The number of rotatable bonds is 4. The molecule has 2 nitrogen and oxygen atoms in total. The maximum absolute atomic E-state index is 6.37. The van der Waals surface area contributed by atoms with Gasteiger partial charge in [0.1, 0.15) is 27.5 Å². The average Bonchev–Trinajstić information content (AvgIpc) is 2.64. The van der Waals surface area contributed by atoms with Gasteiger partial charge < -0.3 is 9.47 Å². The van der Waals surface area contributed by atoms with Crippen LogP contribution in [0.1, 0.15) is 52.7 Å². The Morgan fingerprint density at radius 1 is 0.567 bits per heavy atom. The van der Waals surface area contributed by atoms with Gasteiger partial charge in [-0.25, -0.2) is 0 Å². The Balaban J connectivity index is 2.01. The van der Waals surface area contributed by atoms with Crippen molar-refractivity contribution in [2.45, 2.75) is 52.4 Å². The van der Waals surface area contributed by atoms with Gasteiger partial charge in [-0.15, -0.1) is 0 Å². The van der Waals surface area contributed by atoms with Crippen LogP contribution in [0.4, 0.5) is 0 Å². The van der Waals surface area contributed by atoms with E-state index in [1.54, 1.807) is 0 Å². The van der Waals surface area contributed by atoms with E-state index in [1.165, 1.54) is 0 Å². The van der Waals surface area contributed by atoms with Crippen LogP contribution < -0.4 is 9.47 Å². The normalized spacial score (nSPS) is 12.0. The number of halogens is 2. The molecule has 0 saturated carbocycles. The van der Waals surface area contributed by atoms with Crippen LogP contribution in [0, 0.1) is 0 Å². The summed E-state index contributed by atoms with van der Waals surface area (Å²) in [6.07, 6.45) is 0. The second-order valence-electron chi connectivity index (χ2n) is 9.41. The highest BCUT2D eigenvalue weighted by molar-refractivity contribution is 9.11. The van der Waals surface area contributed by atoms with Crippen molar-refractivity contribution in [1.29, 1.82) is 0 Å². The van der Waals surface area contributed by atoms with Crippen LogP contribution in [0.3, 0.4) is 0 Å². The lowest BCUT2D eigenvalue weighted by Crippen LogP contribution is -2.12. The minimum Gasteiger partial charge on any atom is -0.456 e. The molecule has 3 aromatic carbocycles. The number of ether oxygens (including phenoxy) is 2. The van der Waals surface area contributed by atoms with Crippen molar-refractivity contribution >= 4 is 31.9 Å². The quantitative estimate of drug-likeness (QED) is 0.333. The van der Waals surface area contributed by atoms with Crippen LogP contribution in [-0.4, -0.2) is 0 Å². The molecular formula is C26H28Br2O2. The van der Waals surface area contributed by atoms with Crippen molar-refractivity contribution in [2.24, 2.45) is 0 Å². The number of benzene rings is 3. The van der Waals surface area contributed by atoms with Crippen molar-refractivity contribution < 1.29 is 9.47 Å². The molecule has 0 saturated heterocycles. The fraction of sp³-hybridized carbons (Fsp3) is 0.308. The molecule has 0 aliphatic carbocycles. The van der Waals surface area contributed by atoms with Crippen LogP contribution in [0.25, 0.3) is 0 Å². The smallest absolute Gasteiger partial charge is 0.146 e. The van der Waals surface area contributed by atoms with Gasteiger partial charge in [-0.3, -0.25) is 0 Å². The highest BCUT2D eigenvalue weighted by Crippen LogP contribution is 2.44. The summed E-state index contributed by atoms with van der Waals surface area (Å²) < 4.78 is 14.4. The fourth-order valence-electron chi connectivity index (χ4n) is 3.28. The van der Waals surface area contributed by atoms with E-state index >= 15 is 0 Å². The molecule has 0 bridgehead atoms. The van der Waals surface area contributed by atoms with E-state index in [0.29, 0.717) is 11.5 Å². The Morgan fingerprint density at radius 3 is 1.30 bits per heavy atom. The van der Waals surface area contributed by atoms with Crippen LogP contribution in [0.15, 0.2) is 69.6 Å². The van der Waals surface area contributed by atoms with Crippen molar-refractivity contribution in [3.8, 4) is 23.0 Å². The minimum atomic E-state index is -0.0277. The molecule has 0 aromatic heterocycles. The van der Waals surface area contributed by atoms with Crippen LogP contribution >= 0.6 is 31.9 Å². The molecule has 4 heteroatoms. The molecule has 0 fully saturated rings. The topological polar surface area (TPSA) is 18.5 Å². The van der Waals surface area contributed by atoms with E-state index in [4.69, 9.17) is 9.47 Å². The number of para-hydroxylation sites is 2. The summed E-state index contributed by atoms with van der Waals surface area (Å²) in [7, 11) is 0. The van der Waals surface area contributed by atoms with Crippen LogP contribution in [-0.2, 0) is 10.8 Å². The Hall–Kier alpha value is -1.78. The predicted molar refractivity (Wildman–Crippen MR) is 132 cm³/mol. The van der Waals surface area contributed by atoms with Crippen molar-refractivity contribution in [3.05, 3.63) is 80.7 Å². The zero-order valence-corrected chi connectivity index (χ0v) is 21.5. The van der Waals surface area contributed by atoms with Gasteiger partial charge in [0.2, 0.25) is 0 Å². The van der Waals surface area contributed by atoms with Gasteiger partial charge in [-0.2, -0.15) is 0 Å². The molecule has 3 rings (SSSR count). The lowest BCUT2D eigenvalue weighted by Gasteiger charge is -2.24. The molecule has 3 aromatic rings. The Morgan fingerprint density at radius 2 is 0.933 bits per heavy atom. The van der Waals surface area contributed by atoms with E-state index in [-0.39, 0.29) is 10.8 Å². The van der Waals surface area contributed by atoms with E-state index < -0.39 is 0 Å². The second-order valence-corrected chi connectivity index (χ2v) is 11.1. The molecule has 0 unspecified atom stereocenters. The van der Waals surface area contributed by atoms with Crippen molar-refractivity contribution in [3.63, 3.8) is 0 Å². The van der Waals surface area contributed by atoms with Gasteiger partial charge in [-0.05, 0) is 51.0 Å². The molecule has 0 aliphatic rings. The van der Waals surface area contributed by atoms with Crippen LogP contribution in [0.2, 0.25) is 0 Å². The predicted octanol–water partition coefficient (Wildman–Crippen LogP) is 9.39. The molecule has 0 aliphatic heterocycles. The fourth-order valence-corrected chi connectivity index (χ4v) is 4.08. The zero-order valence-electron chi connectivity index (χ0n) is 18.3. The summed E-state index contributed by atoms with van der Waals surface area (Å²) in [4.78, 5) is 0. The largest absolute Gasteiger partial charge is 0.456 e. The standard InChI is InChI=1S/C26H28Br2O2/c1-25(2,3)18-11-7-9-13-20(18)29-22-15-17(27)16-23(24(22)28)30-21-14-10-8-12-19(21)26(4,5)6/h7-16H,1-6H3. The third-order valence-electron chi connectivity index (χ3n) is 4.80. The molecule has 0 radical (unpaired) electrons. The van der Waals surface area contributed by atoms with Gasteiger partial charge in [0.05, 0.1) is 0 Å². The summed E-state index contributed by atoms with van der Waals surface area (Å²) in [6, 6.07) is 20.2. The number of hydrogen-bond donors (Lipinski definition) is 0. The summed E-state index contributed by atoms with van der Waals surface area (Å²) in [5, 5.41) is 0. The third kappa shape index (κ3) is 5.28. The molecule has 30 heavy (non-hydrogen) atoms. The van der Waals surface area contributed by atoms with E-state index in [9.17, 15) is 0 Å². The minimum absolute atomic E-state index is 0.0277. The molecule has 0 amide bonds. The molecule has 158 valence electrons. The summed E-state index contributed by atoms with van der Waals surface area (Å²) in [5.41, 5.74) is 2.25. The van der Waals surface area contributed by atoms with Crippen LogP contribution in [0.5, 0.6) is 23.0 Å². The Labute approximate surface area is 196 Å². The highest BCUT2D eigenvalue weighted by Gasteiger charge is 2.22. The second kappa shape index (κ2) is 8.76. The summed E-state index contributed by atoms with van der Waals surface area (Å²) in [5.74, 6) is 3.07. The molecule has 0 atom stereocenters. The maximum atomic E-state index is 6.37. The van der Waals surface area contributed by atoms with Gasteiger partial charge >= 0.3 is 0 Å². The molecule has 0 spiro atoms. The molecule has 0 heterocycles. The first-order chi connectivity index (χ1) is 14.0. The zero-order chi connectivity index (χ0) is 22.1. The summed E-state index contributed by atoms with van der Waals surface area (Å²) >= 11 is 7.32. The first-order valence-electron chi connectivity index (χ1n) is 10.0. The van der Waals surface area contributed by atoms with Crippen molar-refractivity contribution in [1.82, 2.24) is 0 Å². The molecule has 0 N–H and O–H groups in total. The summed E-state index contributed by atoms with van der Waals surface area (Å²) in [6.45, 7) is 13.1. The SMILES string of the molecule is CC(C)(C)c1ccccc1Oc1cc(Br)cc(Oc2ccccc2C(C)(C)C)c1Br. The lowest BCUT2D eigenvalue weighted by molar-refractivity contribution is 0.432. The average molecular weight is 532 g/mol. The first-order valence-corrected chi connectivity index (χ1v) is 11.6. The van der Waals surface area contributed by atoms with E-state index in [0.717, 1.165) is 31.6 Å². The highest BCUT2D eigenvalue weighted by atomic mass is 79.9. The Kier molecular flexibility index (Phi) is 6.69. The van der Waals surface area contributed by atoms with E-state index in [1.807, 2.05) is 48.5 Å². The maximum Gasteiger partial charge on any atom is 0.146 e. The van der Waals surface area contributed by atoms with Gasteiger partial charge in [0.15, 0.2) is 0 Å². The van der Waals surface area contributed by atoms with Crippen molar-refractivity contribution in [2.75, 3.05) is 0 Å².